The zero-order valence-electron chi connectivity index (χ0n) is 10.5. The highest BCUT2D eigenvalue weighted by Crippen LogP contribution is 2.23. The summed E-state index contributed by atoms with van der Waals surface area (Å²) in [5.41, 5.74) is 0. The molecule has 2 N–H and O–H groups in total. The minimum absolute atomic E-state index is 0.0183. The fraction of sp³-hybridized carbons (Fsp3) is 0.500. The molecule has 0 aliphatic rings. The van der Waals surface area contributed by atoms with Gasteiger partial charge < -0.3 is 5.32 Å². The summed E-state index contributed by atoms with van der Waals surface area (Å²) in [4.78, 5) is 3.54. The third-order valence-electron chi connectivity index (χ3n) is 2.11. The van der Waals surface area contributed by atoms with Gasteiger partial charge in [-0.05, 0) is 28.4 Å². The summed E-state index contributed by atoms with van der Waals surface area (Å²) < 4.78 is 62.0. The van der Waals surface area contributed by atoms with Gasteiger partial charge in [-0.15, -0.1) is 0 Å². The number of pyridine rings is 1. The fourth-order valence-electron chi connectivity index (χ4n) is 1.26. The number of alkyl halides is 3. The van der Waals surface area contributed by atoms with Crippen LogP contribution in [0.1, 0.15) is 13.3 Å². The molecule has 0 saturated carbocycles. The lowest BCUT2D eigenvalue weighted by molar-refractivity contribution is -0.121. The highest BCUT2D eigenvalue weighted by molar-refractivity contribution is 9.10. The first-order chi connectivity index (χ1) is 9.15. The van der Waals surface area contributed by atoms with Crippen LogP contribution in [-0.2, 0) is 10.0 Å². The van der Waals surface area contributed by atoms with E-state index in [4.69, 9.17) is 0 Å². The van der Waals surface area contributed by atoms with Crippen LogP contribution >= 0.6 is 15.9 Å². The Hall–Kier alpha value is -0.870. The van der Waals surface area contributed by atoms with Crippen LogP contribution in [0.2, 0.25) is 0 Å². The number of sulfonamides is 1. The lowest BCUT2D eigenvalue weighted by Crippen LogP contribution is -2.34. The van der Waals surface area contributed by atoms with Gasteiger partial charge in [0.05, 0.1) is 0 Å². The summed E-state index contributed by atoms with van der Waals surface area (Å²) in [6.07, 6.45) is -2.54. The summed E-state index contributed by atoms with van der Waals surface area (Å²) in [5, 5.41) is 2.76. The summed E-state index contributed by atoms with van der Waals surface area (Å²) >= 11 is 3.04. The summed E-state index contributed by atoms with van der Waals surface area (Å²) in [7, 11) is -4.30. The van der Waals surface area contributed by atoms with E-state index in [1.807, 2.05) is 6.92 Å². The number of nitrogens with one attached hydrogen (secondary N) is 2. The molecule has 0 radical (unpaired) electrons. The van der Waals surface area contributed by atoms with Gasteiger partial charge in [0.2, 0.25) is 10.0 Å². The second-order valence-electron chi connectivity index (χ2n) is 3.87. The summed E-state index contributed by atoms with van der Waals surface area (Å²) in [6, 6.07) is 1.20. The van der Waals surface area contributed by atoms with E-state index in [1.54, 1.807) is 0 Å². The molecule has 0 atom stereocenters. The SMILES string of the molecule is CCCNc1ncc(Br)cc1S(=O)(=O)NCC(F)(F)F. The molecule has 0 aliphatic carbocycles. The van der Waals surface area contributed by atoms with Crippen LogP contribution in [0, 0.1) is 0 Å². The number of hydrogen-bond acceptors (Lipinski definition) is 4. The van der Waals surface area contributed by atoms with E-state index in [0.717, 1.165) is 0 Å². The quantitative estimate of drug-likeness (QED) is 0.801. The number of anilines is 1. The molecule has 10 heteroatoms. The number of nitrogens with zero attached hydrogens (tertiary/aromatic N) is 1. The van der Waals surface area contributed by atoms with E-state index in [0.29, 0.717) is 17.4 Å². The van der Waals surface area contributed by atoms with Crippen molar-refractivity contribution >= 4 is 31.8 Å². The molecule has 0 fully saturated rings. The smallest absolute Gasteiger partial charge is 0.369 e. The number of rotatable bonds is 6. The normalized spacial score (nSPS) is 12.4. The lowest BCUT2D eigenvalue weighted by atomic mass is 10.4. The molecular weight excluding hydrogens is 363 g/mol. The molecule has 5 nitrogen and oxygen atoms in total. The third kappa shape index (κ3) is 5.25. The van der Waals surface area contributed by atoms with E-state index in [2.05, 4.69) is 26.2 Å². The molecule has 1 aromatic rings. The van der Waals surface area contributed by atoms with Gasteiger partial charge in [-0.1, -0.05) is 6.92 Å². The van der Waals surface area contributed by atoms with Crippen LogP contribution in [0.3, 0.4) is 0 Å². The Balaban J connectivity index is 3.06. The molecule has 20 heavy (non-hydrogen) atoms. The van der Waals surface area contributed by atoms with Crippen molar-refractivity contribution in [3.8, 4) is 0 Å². The molecular formula is C10H13BrF3N3O2S. The van der Waals surface area contributed by atoms with Gasteiger partial charge in [-0.3, -0.25) is 0 Å². The zero-order valence-corrected chi connectivity index (χ0v) is 12.9. The maximum Gasteiger partial charge on any atom is 0.402 e. The van der Waals surface area contributed by atoms with Crippen molar-refractivity contribution in [1.82, 2.24) is 9.71 Å². The predicted octanol–water partition coefficient (Wildman–Crippen LogP) is 2.51. The van der Waals surface area contributed by atoms with Gasteiger partial charge in [0.25, 0.3) is 0 Å². The fourth-order valence-corrected chi connectivity index (χ4v) is 2.91. The van der Waals surface area contributed by atoms with Crippen LogP contribution in [-0.4, -0.2) is 32.7 Å². The second kappa shape index (κ2) is 6.72. The minimum atomic E-state index is -4.62. The molecule has 1 rings (SSSR count). The molecule has 0 unspecified atom stereocenters. The lowest BCUT2D eigenvalue weighted by Gasteiger charge is -2.13. The average Bonchev–Trinajstić information content (AvgIpc) is 2.34. The van der Waals surface area contributed by atoms with Gasteiger partial charge in [0.15, 0.2) is 0 Å². The van der Waals surface area contributed by atoms with Gasteiger partial charge in [0.1, 0.15) is 17.3 Å². The van der Waals surface area contributed by atoms with Crippen molar-refractivity contribution in [3.63, 3.8) is 0 Å². The Labute approximate surface area is 123 Å². The Bertz CT molecular complexity index is 563. The maximum atomic E-state index is 12.1. The first kappa shape index (κ1) is 17.2. The number of hydrogen-bond donors (Lipinski definition) is 2. The molecule has 1 aromatic heterocycles. The Morgan fingerprint density at radius 2 is 2.05 bits per heavy atom. The van der Waals surface area contributed by atoms with E-state index < -0.39 is 22.7 Å². The van der Waals surface area contributed by atoms with Gasteiger partial charge in [-0.2, -0.15) is 13.2 Å². The third-order valence-corrected chi connectivity index (χ3v) is 3.96. The topological polar surface area (TPSA) is 71.1 Å². The van der Waals surface area contributed by atoms with E-state index in [1.165, 1.54) is 17.0 Å². The van der Waals surface area contributed by atoms with Crippen LogP contribution in [0.25, 0.3) is 0 Å². The second-order valence-corrected chi connectivity index (χ2v) is 6.52. The minimum Gasteiger partial charge on any atom is -0.369 e. The van der Waals surface area contributed by atoms with Gasteiger partial charge >= 0.3 is 6.18 Å². The largest absolute Gasteiger partial charge is 0.402 e. The molecule has 0 amide bonds. The summed E-state index contributed by atoms with van der Waals surface area (Å²) in [5.74, 6) is 0.0183. The number of aromatic nitrogens is 1. The van der Waals surface area contributed by atoms with Crippen molar-refractivity contribution in [1.29, 1.82) is 0 Å². The van der Waals surface area contributed by atoms with E-state index in [-0.39, 0.29) is 10.7 Å². The Morgan fingerprint density at radius 3 is 2.60 bits per heavy atom. The summed E-state index contributed by atoms with van der Waals surface area (Å²) in [6.45, 7) is 0.688. The first-order valence-corrected chi connectivity index (χ1v) is 7.89. The number of halogens is 4. The first-order valence-electron chi connectivity index (χ1n) is 5.61. The Morgan fingerprint density at radius 1 is 1.40 bits per heavy atom. The predicted molar refractivity (Wildman–Crippen MR) is 72.0 cm³/mol. The molecule has 0 saturated heterocycles. The van der Waals surface area contributed by atoms with Crippen LogP contribution in [0.15, 0.2) is 21.6 Å². The van der Waals surface area contributed by atoms with Crippen molar-refractivity contribution in [2.45, 2.75) is 24.4 Å². The van der Waals surface area contributed by atoms with Crippen LogP contribution in [0.4, 0.5) is 19.0 Å². The molecule has 0 bridgehead atoms. The van der Waals surface area contributed by atoms with Crippen LogP contribution < -0.4 is 10.0 Å². The molecule has 0 spiro atoms. The van der Waals surface area contributed by atoms with Crippen molar-refractivity contribution < 1.29 is 21.6 Å². The highest BCUT2D eigenvalue weighted by Gasteiger charge is 2.31. The molecule has 114 valence electrons. The zero-order chi connectivity index (χ0) is 15.4. The maximum absolute atomic E-state index is 12.1. The molecule has 1 heterocycles. The van der Waals surface area contributed by atoms with Crippen molar-refractivity contribution in [2.75, 3.05) is 18.4 Å². The van der Waals surface area contributed by atoms with Crippen molar-refractivity contribution in [3.05, 3.63) is 16.7 Å². The monoisotopic (exact) mass is 375 g/mol. The van der Waals surface area contributed by atoms with Gasteiger partial charge in [-0.25, -0.2) is 18.1 Å². The van der Waals surface area contributed by atoms with Gasteiger partial charge in [0, 0.05) is 17.2 Å². The average molecular weight is 376 g/mol. The highest BCUT2D eigenvalue weighted by atomic mass is 79.9. The van der Waals surface area contributed by atoms with Crippen LogP contribution in [0.5, 0.6) is 0 Å². The molecule has 0 aromatic carbocycles. The Kier molecular flexibility index (Phi) is 5.78. The standard InChI is InChI=1S/C10H13BrF3N3O2S/c1-2-3-15-9-8(4-7(11)5-16-9)20(18,19)17-6-10(12,13)14/h4-5,17H,2-3,6H2,1H3,(H,15,16). The van der Waals surface area contributed by atoms with Crippen molar-refractivity contribution in [2.24, 2.45) is 0 Å². The van der Waals surface area contributed by atoms with E-state index in [9.17, 15) is 21.6 Å². The van der Waals surface area contributed by atoms with E-state index >= 15 is 0 Å². The molecule has 0 aliphatic heterocycles.